The van der Waals surface area contributed by atoms with Crippen LogP contribution in [0.15, 0.2) is 0 Å². The van der Waals surface area contributed by atoms with Crippen LogP contribution >= 0.6 is 0 Å². The van der Waals surface area contributed by atoms with Crippen molar-refractivity contribution in [2.45, 2.75) is 59.6 Å². The second-order valence-electron chi connectivity index (χ2n) is 6.68. The fraction of sp³-hybridized carbons (Fsp3) is 0.688. The zero-order valence-corrected chi connectivity index (χ0v) is 15.7. The van der Waals surface area contributed by atoms with Gasteiger partial charge >= 0.3 is 24.2 Å². The summed E-state index contributed by atoms with van der Waals surface area (Å²) in [5.41, 5.74) is 5.84. The van der Waals surface area contributed by atoms with Gasteiger partial charge in [-0.1, -0.05) is 0 Å². The summed E-state index contributed by atoms with van der Waals surface area (Å²) >= 11 is 0. The van der Waals surface area contributed by atoms with E-state index in [1.54, 1.807) is 34.6 Å². The van der Waals surface area contributed by atoms with E-state index >= 15 is 0 Å². The highest BCUT2D eigenvalue weighted by molar-refractivity contribution is 6.25. The molecule has 0 aliphatic heterocycles. The van der Waals surface area contributed by atoms with Crippen LogP contribution in [-0.2, 0) is 28.6 Å². The van der Waals surface area contributed by atoms with E-state index < -0.39 is 48.2 Å². The first-order valence-corrected chi connectivity index (χ1v) is 8.01. The Balaban J connectivity index is 4.66. The Morgan fingerprint density at radius 2 is 1.77 bits per heavy atom. The molecule has 146 valence electrons. The van der Waals surface area contributed by atoms with Crippen LogP contribution in [0.25, 0.3) is 0 Å². The van der Waals surface area contributed by atoms with Gasteiger partial charge in [0, 0.05) is 6.42 Å². The highest BCUT2D eigenvalue weighted by Gasteiger charge is 2.26. The van der Waals surface area contributed by atoms with Crippen molar-refractivity contribution in [2.75, 3.05) is 6.79 Å². The number of rotatable bonds is 9. The second-order valence-corrected chi connectivity index (χ2v) is 6.68. The van der Waals surface area contributed by atoms with Gasteiger partial charge in [0.25, 0.3) is 0 Å². The SMILES string of the molecule is CC(C)OC(=O)C(CCC(=O)C=[N+]=N)NC(=O)OCOC(=O)C(C)(C)C. The third-order valence-electron chi connectivity index (χ3n) is 2.81. The van der Waals surface area contributed by atoms with Gasteiger partial charge in [-0.3, -0.25) is 9.59 Å². The number of esters is 2. The van der Waals surface area contributed by atoms with E-state index in [1.165, 1.54) is 0 Å². The van der Waals surface area contributed by atoms with Crippen LogP contribution in [0.4, 0.5) is 4.79 Å². The molecule has 0 saturated carbocycles. The molecule has 0 aliphatic carbocycles. The van der Waals surface area contributed by atoms with Gasteiger partial charge in [0.15, 0.2) is 0 Å². The maximum atomic E-state index is 12.0. The molecule has 0 aromatic carbocycles. The lowest BCUT2D eigenvalue weighted by atomic mass is 9.98. The van der Waals surface area contributed by atoms with Gasteiger partial charge in [0.2, 0.25) is 12.6 Å². The Labute approximate surface area is 151 Å². The van der Waals surface area contributed by atoms with Crippen LogP contribution < -0.4 is 5.32 Å². The Morgan fingerprint density at radius 1 is 1.15 bits per heavy atom. The minimum absolute atomic E-state index is 0.0622. The van der Waals surface area contributed by atoms with Crippen LogP contribution in [0.1, 0.15) is 47.5 Å². The zero-order chi connectivity index (χ0) is 20.3. The molecule has 0 rings (SSSR count). The lowest BCUT2D eigenvalue weighted by Crippen LogP contribution is -2.43. The van der Waals surface area contributed by atoms with Crippen molar-refractivity contribution >= 4 is 30.0 Å². The average molecular weight is 372 g/mol. The fourth-order valence-corrected chi connectivity index (χ4v) is 1.52. The number of alkyl carbamates (subject to hydrolysis) is 1. The molecule has 2 N–H and O–H groups in total. The minimum atomic E-state index is -1.13. The van der Waals surface area contributed by atoms with E-state index in [0.717, 1.165) is 6.21 Å². The normalized spacial score (nSPS) is 11.8. The molecule has 0 heterocycles. The van der Waals surface area contributed by atoms with Crippen molar-refractivity contribution in [3.8, 4) is 0 Å². The summed E-state index contributed by atoms with van der Waals surface area (Å²) in [5, 5.41) is 2.26. The number of hydrogen-bond donors (Lipinski definition) is 2. The number of carbonyl (C=O) groups excluding carboxylic acids is 4. The molecule has 0 spiro atoms. The van der Waals surface area contributed by atoms with Gasteiger partial charge in [0.05, 0.1) is 21.8 Å². The van der Waals surface area contributed by atoms with Crippen LogP contribution in [0.3, 0.4) is 0 Å². The van der Waals surface area contributed by atoms with Gasteiger partial charge in [-0.15, -0.1) is 0 Å². The Morgan fingerprint density at radius 3 is 2.27 bits per heavy atom. The number of ketones is 1. The molecule has 1 atom stereocenters. The number of ether oxygens (including phenoxy) is 3. The van der Waals surface area contributed by atoms with Gasteiger partial charge < -0.3 is 19.5 Å². The van der Waals surface area contributed by atoms with Crippen LogP contribution in [0, 0.1) is 10.9 Å². The summed E-state index contributed by atoms with van der Waals surface area (Å²) < 4.78 is 14.5. The molecular formula is C16H26N3O7+. The monoisotopic (exact) mass is 372 g/mol. The van der Waals surface area contributed by atoms with Crippen LogP contribution in [0.5, 0.6) is 0 Å². The first-order chi connectivity index (χ1) is 12.0. The minimum Gasteiger partial charge on any atom is -0.461 e. The predicted molar refractivity (Wildman–Crippen MR) is 88.3 cm³/mol. The third kappa shape index (κ3) is 10.2. The molecule has 10 nitrogen and oxygen atoms in total. The topological polar surface area (TPSA) is 146 Å². The second kappa shape index (κ2) is 11.0. The van der Waals surface area contributed by atoms with Gasteiger partial charge in [-0.25, -0.2) is 9.59 Å². The maximum absolute atomic E-state index is 12.0. The molecule has 26 heavy (non-hydrogen) atoms. The first kappa shape index (κ1) is 23.3. The van der Waals surface area contributed by atoms with Crippen molar-refractivity contribution in [1.29, 1.82) is 5.53 Å². The van der Waals surface area contributed by atoms with Crippen LogP contribution in [0.2, 0.25) is 0 Å². The molecular weight excluding hydrogens is 346 g/mol. The molecule has 0 radical (unpaired) electrons. The number of hydrogen-bond acceptors (Lipinski definition) is 8. The van der Waals surface area contributed by atoms with E-state index in [2.05, 4.69) is 10.1 Å². The van der Waals surface area contributed by atoms with Crippen molar-refractivity contribution in [3.05, 3.63) is 0 Å². The quantitative estimate of drug-likeness (QED) is 0.203. The average Bonchev–Trinajstić information content (AvgIpc) is 2.49. The summed E-state index contributed by atoms with van der Waals surface area (Å²) in [7, 11) is 0. The van der Waals surface area contributed by atoms with E-state index in [4.69, 9.17) is 19.7 Å². The zero-order valence-electron chi connectivity index (χ0n) is 15.7. The number of nitrogens with one attached hydrogen (secondary N) is 2. The van der Waals surface area contributed by atoms with E-state index in [-0.39, 0.29) is 12.8 Å². The van der Waals surface area contributed by atoms with E-state index in [1.807, 2.05) is 0 Å². The molecule has 0 fully saturated rings. The predicted octanol–water partition coefficient (Wildman–Crippen LogP) is 1.24. The summed E-state index contributed by atoms with van der Waals surface area (Å²) in [4.78, 5) is 49.6. The molecule has 1 unspecified atom stereocenters. The van der Waals surface area contributed by atoms with Crippen molar-refractivity contribution in [3.63, 3.8) is 0 Å². The lowest BCUT2D eigenvalue weighted by molar-refractivity contribution is -0.161. The largest absolute Gasteiger partial charge is 0.461 e. The number of carbonyl (C=O) groups is 4. The third-order valence-corrected chi connectivity index (χ3v) is 2.81. The fourth-order valence-electron chi connectivity index (χ4n) is 1.52. The summed E-state index contributed by atoms with van der Waals surface area (Å²) in [6, 6.07) is -1.13. The van der Waals surface area contributed by atoms with E-state index in [0.29, 0.717) is 0 Å². The summed E-state index contributed by atoms with van der Waals surface area (Å²) in [6.45, 7) is 7.59. The molecule has 0 bridgehead atoms. The van der Waals surface area contributed by atoms with Crippen LogP contribution in [-0.4, -0.2) is 53.8 Å². The molecule has 0 aliphatic rings. The molecule has 0 aromatic heterocycles. The Kier molecular flexibility index (Phi) is 9.83. The standard InChI is InChI=1S/C16H25N3O7/c1-10(2)26-13(21)12(7-6-11(20)8-18-17)19-15(23)25-9-24-14(22)16(3,4)5/h8,10,12,17H,6-7,9H2,1-5H3/p+1. The molecule has 0 saturated heterocycles. The summed E-state index contributed by atoms with van der Waals surface area (Å²) in [5.74, 6) is -1.77. The molecule has 10 heteroatoms. The number of amides is 1. The number of Topliss-reactive ketones (excluding diaryl/α,β-unsaturated/α-hetero) is 1. The maximum Gasteiger partial charge on any atom is 0.410 e. The molecule has 0 aromatic rings. The van der Waals surface area contributed by atoms with E-state index in [9.17, 15) is 19.2 Å². The number of nitrogens with zero attached hydrogens (tertiary/aromatic N) is 1. The highest BCUT2D eigenvalue weighted by Crippen LogP contribution is 2.14. The Hall–Kier alpha value is -2.74. The molecule has 1 amide bonds. The van der Waals surface area contributed by atoms with Gasteiger partial charge in [-0.2, -0.15) is 0 Å². The lowest BCUT2D eigenvalue weighted by Gasteiger charge is -2.19. The van der Waals surface area contributed by atoms with Crippen molar-refractivity contribution < 1.29 is 38.2 Å². The first-order valence-electron chi connectivity index (χ1n) is 8.01. The smallest absolute Gasteiger partial charge is 0.410 e. The van der Waals surface area contributed by atoms with Gasteiger partial charge in [-0.05, 0) is 41.0 Å². The highest BCUT2D eigenvalue weighted by atomic mass is 16.7. The Bertz CT molecular complexity index is 575. The van der Waals surface area contributed by atoms with Crippen molar-refractivity contribution in [1.82, 2.24) is 5.32 Å². The summed E-state index contributed by atoms with van der Waals surface area (Å²) in [6.07, 6.45) is -0.804. The van der Waals surface area contributed by atoms with Gasteiger partial charge in [0.1, 0.15) is 6.04 Å². The van der Waals surface area contributed by atoms with Crippen molar-refractivity contribution in [2.24, 2.45) is 5.41 Å².